The standard InChI is InChI=1S/C25H28N6O5/c1-15(32)27-20-4-2-3-5-21(20)31-23-25(35,22(33)28-24(31)34)26-14-30(23)19-10-17-6-7-18(11-19)29(17)12-16-8-9-36-13-16/h2-5,8-9,13-14,17-19,23,35H,6-7,10-12H2,1H3,(H,27,32)(H,28,33,34). The number of nitrogens with one attached hydrogen (secondary N) is 2. The fourth-order valence-corrected chi connectivity index (χ4v) is 6.20. The summed E-state index contributed by atoms with van der Waals surface area (Å²) in [6, 6.07) is 8.77. The van der Waals surface area contributed by atoms with Crippen molar-refractivity contribution in [1.82, 2.24) is 15.1 Å². The first-order chi connectivity index (χ1) is 17.3. The van der Waals surface area contributed by atoms with Gasteiger partial charge >= 0.3 is 6.03 Å². The van der Waals surface area contributed by atoms with Crippen LogP contribution in [0.2, 0.25) is 0 Å². The van der Waals surface area contributed by atoms with Crippen molar-refractivity contribution in [1.29, 1.82) is 0 Å². The van der Waals surface area contributed by atoms with Gasteiger partial charge in [0.25, 0.3) is 11.6 Å². The molecule has 6 rings (SSSR count). The first-order valence-electron chi connectivity index (χ1n) is 12.2. The molecule has 4 aliphatic heterocycles. The van der Waals surface area contributed by atoms with Crippen LogP contribution in [0.1, 0.15) is 38.2 Å². The van der Waals surface area contributed by atoms with Crippen molar-refractivity contribution >= 4 is 35.6 Å². The van der Waals surface area contributed by atoms with E-state index in [1.54, 1.807) is 36.8 Å². The lowest BCUT2D eigenvalue weighted by atomic mass is 9.93. The van der Waals surface area contributed by atoms with Crippen molar-refractivity contribution in [2.45, 2.75) is 69.2 Å². The highest BCUT2D eigenvalue weighted by molar-refractivity contribution is 6.12. The average Bonchev–Trinajstić information content (AvgIpc) is 3.53. The van der Waals surface area contributed by atoms with Crippen LogP contribution < -0.4 is 15.5 Å². The lowest BCUT2D eigenvalue weighted by Gasteiger charge is -2.49. The van der Waals surface area contributed by atoms with Crippen LogP contribution in [0.25, 0.3) is 0 Å². The number of rotatable bonds is 5. The summed E-state index contributed by atoms with van der Waals surface area (Å²) in [7, 11) is 0. The molecule has 1 aromatic heterocycles. The summed E-state index contributed by atoms with van der Waals surface area (Å²) in [5.41, 5.74) is -0.252. The molecule has 3 saturated heterocycles. The summed E-state index contributed by atoms with van der Waals surface area (Å²) in [5.74, 6) is -1.16. The maximum atomic E-state index is 13.2. The van der Waals surface area contributed by atoms with Crippen LogP contribution in [0.4, 0.5) is 16.2 Å². The van der Waals surface area contributed by atoms with Crippen molar-refractivity contribution < 1.29 is 23.9 Å². The van der Waals surface area contributed by atoms with E-state index in [-0.39, 0.29) is 11.9 Å². The SMILES string of the molecule is CC(=O)Nc1ccccc1N1C(=O)NC(=O)C2(O)N=CN(C3CC4CCC(C3)N4Cc3ccoc3)C12. The fraction of sp³-hybridized carbons (Fsp3) is 0.440. The van der Waals surface area contributed by atoms with Gasteiger partial charge in [-0.05, 0) is 43.9 Å². The van der Waals surface area contributed by atoms with Gasteiger partial charge in [0.05, 0.1) is 30.2 Å². The van der Waals surface area contributed by atoms with Gasteiger partial charge in [-0.1, -0.05) is 12.1 Å². The minimum Gasteiger partial charge on any atom is -0.472 e. The normalized spacial score (nSPS) is 31.5. The van der Waals surface area contributed by atoms with E-state index >= 15 is 0 Å². The molecule has 0 aliphatic carbocycles. The molecule has 36 heavy (non-hydrogen) atoms. The number of benzene rings is 1. The van der Waals surface area contributed by atoms with Crippen LogP contribution in [0.15, 0.2) is 52.3 Å². The summed E-state index contributed by atoms with van der Waals surface area (Å²) in [6.45, 7) is 2.20. The molecule has 4 aliphatic rings. The molecule has 0 radical (unpaired) electrons. The zero-order chi connectivity index (χ0) is 25.0. The third-order valence-corrected chi connectivity index (χ3v) is 7.75. The number of fused-ring (bicyclic) bond motifs is 3. The van der Waals surface area contributed by atoms with Gasteiger partial charge in [-0.15, -0.1) is 0 Å². The fourth-order valence-electron chi connectivity index (χ4n) is 6.20. The Bertz CT molecular complexity index is 1220. The van der Waals surface area contributed by atoms with Gasteiger partial charge in [0.15, 0.2) is 6.17 Å². The number of para-hydroxylation sites is 2. The van der Waals surface area contributed by atoms with E-state index < -0.39 is 23.8 Å². The van der Waals surface area contributed by atoms with Crippen molar-refractivity contribution in [3.05, 3.63) is 48.4 Å². The number of imide groups is 1. The number of amides is 4. The molecular formula is C25H28N6O5. The van der Waals surface area contributed by atoms with Gasteiger partial charge in [0.1, 0.15) is 0 Å². The Morgan fingerprint density at radius 1 is 1.19 bits per heavy atom. The Labute approximate surface area is 207 Å². The molecule has 5 heterocycles. The van der Waals surface area contributed by atoms with Gasteiger partial charge in [0, 0.05) is 37.2 Å². The highest BCUT2D eigenvalue weighted by atomic mass is 16.3. The molecule has 2 bridgehead atoms. The molecule has 0 saturated carbocycles. The monoisotopic (exact) mass is 492 g/mol. The average molecular weight is 493 g/mol. The molecule has 2 aromatic rings. The number of aliphatic hydroxyl groups is 1. The minimum absolute atomic E-state index is 0.0278. The van der Waals surface area contributed by atoms with Crippen molar-refractivity contribution in [3.8, 4) is 0 Å². The summed E-state index contributed by atoms with van der Waals surface area (Å²) < 4.78 is 5.25. The first kappa shape index (κ1) is 22.7. The maximum absolute atomic E-state index is 13.2. The predicted octanol–water partition coefficient (Wildman–Crippen LogP) is 1.85. The number of hydrogen-bond acceptors (Lipinski definition) is 8. The zero-order valence-electron chi connectivity index (χ0n) is 19.8. The van der Waals surface area contributed by atoms with E-state index in [1.165, 1.54) is 18.2 Å². The van der Waals surface area contributed by atoms with Gasteiger partial charge in [-0.25, -0.2) is 9.79 Å². The molecule has 3 N–H and O–H groups in total. The number of piperidine rings is 1. The summed E-state index contributed by atoms with van der Waals surface area (Å²) >= 11 is 0. The van der Waals surface area contributed by atoms with Gasteiger partial charge in [-0.2, -0.15) is 0 Å². The molecule has 4 atom stereocenters. The molecule has 11 nitrogen and oxygen atoms in total. The molecule has 1 aromatic carbocycles. The second-order valence-electron chi connectivity index (χ2n) is 9.93. The number of carbonyl (C=O) groups is 3. The van der Waals surface area contributed by atoms with E-state index in [0.29, 0.717) is 23.5 Å². The Morgan fingerprint density at radius 3 is 2.64 bits per heavy atom. The number of furan rings is 1. The van der Waals surface area contributed by atoms with Gasteiger partial charge in [-0.3, -0.25) is 24.7 Å². The summed E-state index contributed by atoms with van der Waals surface area (Å²) in [4.78, 5) is 47.8. The Balaban J connectivity index is 1.32. The Morgan fingerprint density at radius 2 is 1.94 bits per heavy atom. The first-order valence-corrected chi connectivity index (χ1v) is 12.2. The van der Waals surface area contributed by atoms with Crippen LogP contribution in [-0.2, 0) is 16.1 Å². The lowest BCUT2D eigenvalue weighted by Crippen LogP contribution is -2.73. The third-order valence-electron chi connectivity index (χ3n) is 7.75. The molecule has 11 heteroatoms. The topological polar surface area (TPSA) is 131 Å². The van der Waals surface area contributed by atoms with E-state index in [1.807, 2.05) is 11.0 Å². The van der Waals surface area contributed by atoms with E-state index in [9.17, 15) is 19.5 Å². The van der Waals surface area contributed by atoms with Crippen LogP contribution in [-0.4, -0.2) is 69.1 Å². The van der Waals surface area contributed by atoms with E-state index in [4.69, 9.17) is 4.42 Å². The molecule has 0 spiro atoms. The van der Waals surface area contributed by atoms with Crippen LogP contribution in [0.3, 0.4) is 0 Å². The summed E-state index contributed by atoms with van der Waals surface area (Å²) in [5, 5.41) is 16.4. The van der Waals surface area contributed by atoms with Gasteiger partial charge < -0.3 is 19.7 Å². The highest BCUT2D eigenvalue weighted by Crippen LogP contribution is 2.43. The smallest absolute Gasteiger partial charge is 0.330 e. The molecule has 4 unspecified atom stereocenters. The molecule has 188 valence electrons. The van der Waals surface area contributed by atoms with E-state index in [2.05, 4.69) is 20.5 Å². The molecular weight excluding hydrogens is 464 g/mol. The van der Waals surface area contributed by atoms with Crippen molar-refractivity contribution in [2.75, 3.05) is 10.2 Å². The van der Waals surface area contributed by atoms with E-state index in [0.717, 1.165) is 37.8 Å². The predicted molar refractivity (Wildman–Crippen MR) is 130 cm³/mol. The second-order valence-corrected chi connectivity index (χ2v) is 9.93. The van der Waals surface area contributed by atoms with Crippen LogP contribution in [0.5, 0.6) is 0 Å². The number of anilines is 2. The lowest BCUT2D eigenvalue weighted by molar-refractivity contribution is -0.144. The van der Waals surface area contributed by atoms with Crippen LogP contribution >= 0.6 is 0 Å². The van der Waals surface area contributed by atoms with Crippen LogP contribution in [0, 0.1) is 0 Å². The second kappa shape index (κ2) is 8.45. The number of nitrogens with zero attached hydrogens (tertiary/aromatic N) is 4. The largest absolute Gasteiger partial charge is 0.472 e. The summed E-state index contributed by atoms with van der Waals surface area (Å²) in [6.07, 6.45) is 7.64. The third kappa shape index (κ3) is 3.58. The highest BCUT2D eigenvalue weighted by Gasteiger charge is 2.61. The molecule has 3 fully saturated rings. The Hall–Kier alpha value is -3.70. The maximum Gasteiger partial charge on any atom is 0.330 e. The zero-order valence-corrected chi connectivity index (χ0v) is 19.8. The number of hydrogen-bond donors (Lipinski definition) is 3. The number of carbonyl (C=O) groups excluding carboxylic acids is 3. The number of aliphatic imine (C=N–C) groups is 1. The Kier molecular flexibility index (Phi) is 5.34. The quantitative estimate of drug-likeness (QED) is 0.581. The minimum atomic E-state index is -2.16. The van der Waals surface area contributed by atoms with Crippen molar-refractivity contribution in [3.63, 3.8) is 0 Å². The van der Waals surface area contributed by atoms with Crippen molar-refractivity contribution in [2.24, 2.45) is 4.99 Å². The van der Waals surface area contributed by atoms with Gasteiger partial charge in [0.2, 0.25) is 5.91 Å². The number of urea groups is 1. The molecule has 4 amide bonds.